The van der Waals surface area contributed by atoms with Gasteiger partial charge >= 0.3 is 6.18 Å². The van der Waals surface area contributed by atoms with E-state index in [1.165, 1.54) is 32.2 Å². The SMILES string of the molecule is CC(C(=O)NCc1ccc(C(F)(F)F)nc1OCc1ccccc1)c1ccc(N(C)S(=O)O)c(F)c1. The molecule has 2 unspecified atom stereocenters. The van der Waals surface area contributed by atoms with Crippen LogP contribution in [0.5, 0.6) is 5.88 Å². The maximum Gasteiger partial charge on any atom is 0.433 e. The number of rotatable bonds is 9. The van der Waals surface area contributed by atoms with E-state index in [1.54, 1.807) is 30.3 Å². The third-order valence-corrected chi connectivity index (χ3v) is 6.00. The fourth-order valence-electron chi connectivity index (χ4n) is 3.23. The highest BCUT2D eigenvalue weighted by Crippen LogP contribution is 2.31. The lowest BCUT2D eigenvalue weighted by atomic mass is 9.99. The second-order valence-corrected chi connectivity index (χ2v) is 8.82. The van der Waals surface area contributed by atoms with Gasteiger partial charge in [0.25, 0.3) is 11.3 Å². The molecule has 0 radical (unpaired) electrons. The van der Waals surface area contributed by atoms with Crippen molar-refractivity contribution in [3.05, 3.63) is 88.9 Å². The van der Waals surface area contributed by atoms with Crippen molar-refractivity contribution < 1.29 is 35.9 Å². The summed E-state index contributed by atoms with van der Waals surface area (Å²) in [7, 11) is 1.24. The molecule has 0 saturated heterocycles. The van der Waals surface area contributed by atoms with Gasteiger partial charge in [-0.15, -0.1) is 0 Å². The molecule has 0 aliphatic rings. The Labute approximate surface area is 207 Å². The predicted octanol–water partition coefficient (Wildman–Crippen LogP) is 4.81. The van der Waals surface area contributed by atoms with Gasteiger partial charge in [-0.05, 0) is 42.3 Å². The van der Waals surface area contributed by atoms with Crippen LogP contribution in [0.25, 0.3) is 0 Å². The predicted molar refractivity (Wildman–Crippen MR) is 126 cm³/mol. The van der Waals surface area contributed by atoms with Crippen molar-refractivity contribution in [2.75, 3.05) is 11.4 Å². The quantitative estimate of drug-likeness (QED) is 0.309. The van der Waals surface area contributed by atoms with Crippen LogP contribution in [0, 0.1) is 5.82 Å². The van der Waals surface area contributed by atoms with Crippen LogP contribution in [0.3, 0.4) is 0 Å². The highest BCUT2D eigenvalue weighted by Gasteiger charge is 2.33. The van der Waals surface area contributed by atoms with Gasteiger partial charge in [-0.25, -0.2) is 13.6 Å². The average Bonchev–Trinajstić information content (AvgIpc) is 2.85. The van der Waals surface area contributed by atoms with Crippen LogP contribution in [0.1, 0.15) is 35.2 Å². The molecule has 1 amide bonds. The van der Waals surface area contributed by atoms with E-state index in [2.05, 4.69) is 10.3 Å². The Hall–Kier alpha value is -3.51. The summed E-state index contributed by atoms with van der Waals surface area (Å²) in [6, 6.07) is 14.6. The number of halogens is 4. The molecule has 12 heteroatoms. The molecule has 1 heterocycles. The normalized spacial score (nSPS) is 13.1. The minimum atomic E-state index is -4.67. The van der Waals surface area contributed by atoms with Gasteiger partial charge in [0.1, 0.15) is 18.1 Å². The summed E-state index contributed by atoms with van der Waals surface area (Å²) >= 11 is -2.42. The average molecular weight is 526 g/mol. The molecule has 1 aromatic heterocycles. The van der Waals surface area contributed by atoms with Crippen LogP contribution in [0.2, 0.25) is 0 Å². The zero-order valence-corrected chi connectivity index (χ0v) is 20.1. The van der Waals surface area contributed by atoms with E-state index < -0.39 is 40.8 Å². The van der Waals surface area contributed by atoms with Gasteiger partial charge in [0.2, 0.25) is 11.8 Å². The first-order valence-electron chi connectivity index (χ1n) is 10.6. The maximum absolute atomic E-state index is 14.4. The van der Waals surface area contributed by atoms with Gasteiger partial charge in [-0.2, -0.15) is 13.2 Å². The van der Waals surface area contributed by atoms with E-state index in [4.69, 9.17) is 9.29 Å². The van der Waals surface area contributed by atoms with Crippen molar-refractivity contribution in [1.29, 1.82) is 0 Å². The molecule has 0 fully saturated rings. The van der Waals surface area contributed by atoms with Crippen LogP contribution < -0.4 is 14.4 Å². The van der Waals surface area contributed by atoms with Crippen molar-refractivity contribution in [1.82, 2.24) is 10.3 Å². The van der Waals surface area contributed by atoms with Crippen LogP contribution in [-0.4, -0.2) is 26.7 Å². The Morgan fingerprint density at radius 3 is 2.47 bits per heavy atom. The lowest BCUT2D eigenvalue weighted by Gasteiger charge is -2.18. The monoisotopic (exact) mass is 525 g/mol. The molecule has 2 aromatic carbocycles. The van der Waals surface area contributed by atoms with Crippen LogP contribution >= 0.6 is 0 Å². The third kappa shape index (κ3) is 6.79. The molecular formula is C24H23F4N3O4S. The van der Waals surface area contributed by atoms with Crippen molar-refractivity contribution in [2.45, 2.75) is 32.2 Å². The number of nitrogens with zero attached hydrogens (tertiary/aromatic N) is 2. The molecule has 0 aliphatic carbocycles. The number of carbonyl (C=O) groups excluding carboxylic acids is 1. The smallest absolute Gasteiger partial charge is 0.433 e. The van der Waals surface area contributed by atoms with Crippen molar-refractivity contribution in [2.24, 2.45) is 0 Å². The molecule has 192 valence electrons. The molecule has 3 aromatic rings. The maximum atomic E-state index is 14.4. The standard InChI is InChI=1S/C24H23F4N3O4S/c1-15(17-8-10-20(19(25)12-17)31(2)36(33)34)22(32)29-13-18-9-11-21(24(26,27)28)30-23(18)35-14-16-6-4-3-5-7-16/h3-12,15H,13-14H2,1-2H3,(H,29,32)(H,33,34). The Bertz CT molecular complexity index is 1240. The van der Waals surface area contributed by atoms with Gasteiger partial charge in [0.05, 0.1) is 11.6 Å². The molecule has 0 aliphatic heterocycles. The number of aromatic nitrogens is 1. The highest BCUT2D eigenvalue weighted by molar-refractivity contribution is 7.80. The molecule has 0 bridgehead atoms. The van der Waals surface area contributed by atoms with Crippen LogP contribution in [0.4, 0.5) is 23.2 Å². The lowest BCUT2D eigenvalue weighted by molar-refractivity contribution is -0.141. The Kier molecular flexibility index (Phi) is 8.64. The summed E-state index contributed by atoms with van der Waals surface area (Å²) in [4.78, 5) is 16.3. The summed E-state index contributed by atoms with van der Waals surface area (Å²) in [5.41, 5.74) is 0.00747. The molecule has 2 atom stereocenters. The number of carbonyl (C=O) groups is 1. The van der Waals surface area contributed by atoms with E-state index in [9.17, 15) is 26.6 Å². The van der Waals surface area contributed by atoms with Gasteiger partial charge < -0.3 is 10.1 Å². The number of benzene rings is 2. The van der Waals surface area contributed by atoms with E-state index in [0.717, 1.165) is 22.0 Å². The minimum Gasteiger partial charge on any atom is -0.473 e. The van der Waals surface area contributed by atoms with Gasteiger partial charge in [0.15, 0.2) is 0 Å². The van der Waals surface area contributed by atoms with E-state index in [1.807, 2.05) is 0 Å². The topological polar surface area (TPSA) is 91.8 Å². The Morgan fingerprint density at radius 1 is 1.17 bits per heavy atom. The number of amides is 1. The zero-order valence-electron chi connectivity index (χ0n) is 19.3. The largest absolute Gasteiger partial charge is 0.473 e. The van der Waals surface area contributed by atoms with Crippen molar-refractivity contribution in [3.63, 3.8) is 0 Å². The molecular weight excluding hydrogens is 502 g/mol. The first kappa shape index (κ1) is 27.1. The van der Waals surface area contributed by atoms with E-state index in [-0.39, 0.29) is 30.3 Å². The van der Waals surface area contributed by atoms with Crippen molar-refractivity contribution >= 4 is 22.9 Å². The van der Waals surface area contributed by atoms with Gasteiger partial charge in [0, 0.05) is 19.2 Å². The Morgan fingerprint density at radius 2 is 1.86 bits per heavy atom. The van der Waals surface area contributed by atoms with Crippen LogP contribution in [0.15, 0.2) is 60.7 Å². The Balaban J connectivity index is 1.74. The summed E-state index contributed by atoms with van der Waals surface area (Å²) in [6.07, 6.45) is -4.67. The summed E-state index contributed by atoms with van der Waals surface area (Å²) in [5.74, 6) is -2.40. The molecule has 2 N–H and O–H groups in total. The lowest BCUT2D eigenvalue weighted by Crippen LogP contribution is -2.28. The third-order valence-electron chi connectivity index (χ3n) is 5.34. The zero-order chi connectivity index (χ0) is 26.5. The summed E-state index contributed by atoms with van der Waals surface area (Å²) in [5, 5.41) is 2.61. The second-order valence-electron chi connectivity index (χ2n) is 7.81. The first-order chi connectivity index (χ1) is 17.0. The molecule has 0 spiro atoms. The number of nitrogens with one attached hydrogen (secondary N) is 1. The van der Waals surface area contributed by atoms with Gasteiger partial charge in [-0.1, -0.05) is 36.4 Å². The van der Waals surface area contributed by atoms with Crippen LogP contribution in [-0.2, 0) is 35.4 Å². The van der Waals surface area contributed by atoms with E-state index >= 15 is 0 Å². The number of hydrogen-bond acceptors (Lipinski definition) is 4. The molecule has 0 saturated carbocycles. The number of alkyl halides is 3. The number of hydrogen-bond donors (Lipinski definition) is 2. The molecule has 3 rings (SSSR count). The minimum absolute atomic E-state index is 0.0226. The number of ether oxygens (including phenoxy) is 1. The highest BCUT2D eigenvalue weighted by atomic mass is 32.2. The second kappa shape index (κ2) is 11.5. The summed E-state index contributed by atoms with van der Waals surface area (Å²) < 4.78 is 80.6. The first-order valence-corrected chi connectivity index (χ1v) is 11.7. The van der Waals surface area contributed by atoms with Crippen molar-refractivity contribution in [3.8, 4) is 5.88 Å². The fraction of sp³-hybridized carbons (Fsp3) is 0.250. The molecule has 36 heavy (non-hydrogen) atoms. The molecule has 7 nitrogen and oxygen atoms in total. The number of pyridine rings is 1. The van der Waals surface area contributed by atoms with E-state index in [0.29, 0.717) is 5.56 Å². The fourth-order valence-corrected chi connectivity index (χ4v) is 3.55. The number of anilines is 1. The van der Waals surface area contributed by atoms with Gasteiger partial charge in [-0.3, -0.25) is 13.7 Å². The summed E-state index contributed by atoms with van der Waals surface area (Å²) in [6.45, 7) is 1.33.